The number of benzene rings is 6. The Hall–Kier alpha value is -3.43. The largest absolute Gasteiger partial charge is 1.00 e. The van der Waals surface area contributed by atoms with Gasteiger partial charge in [-0.2, -0.15) is 8.42 Å². The van der Waals surface area contributed by atoms with Gasteiger partial charge in [-0.1, -0.05) is 187 Å². The van der Waals surface area contributed by atoms with Crippen molar-refractivity contribution in [2.45, 2.75) is 28.4 Å². The molecule has 8 aromatic rings. The van der Waals surface area contributed by atoms with E-state index in [0.717, 1.165) is 45.9 Å². The molecule has 0 unspecified atom stereocenters. The SMILES string of the molecule is Brc1ccc(Cc2nnc(SCc3ccccc3-c3ccccc3)o2)cc1.CN(c1ccc(Br)cc1)c1nnc(SCc2ccccc2-c2ccccc2)o1.COS(=O)(=O)OC.[H-].[K+]. The van der Waals surface area contributed by atoms with Crippen LogP contribution < -0.4 is 56.3 Å². The first-order chi connectivity index (χ1) is 30.1. The van der Waals surface area contributed by atoms with E-state index in [-0.39, 0.29) is 52.8 Å². The molecule has 6 aromatic carbocycles. The smallest absolute Gasteiger partial charge is 1.00 e. The third kappa shape index (κ3) is 15.9. The van der Waals surface area contributed by atoms with Gasteiger partial charge in [0.25, 0.3) is 10.4 Å². The van der Waals surface area contributed by atoms with Crippen molar-refractivity contribution in [2.24, 2.45) is 0 Å². The van der Waals surface area contributed by atoms with E-state index >= 15 is 0 Å². The Morgan fingerprint density at radius 3 is 1.52 bits per heavy atom. The van der Waals surface area contributed by atoms with E-state index in [9.17, 15) is 8.42 Å². The van der Waals surface area contributed by atoms with Crippen molar-refractivity contribution in [2.75, 3.05) is 26.2 Å². The monoisotopic (exact) mass is 1050 g/mol. The van der Waals surface area contributed by atoms with E-state index in [4.69, 9.17) is 8.83 Å². The van der Waals surface area contributed by atoms with Crippen LogP contribution in [-0.2, 0) is 36.7 Å². The Bertz CT molecular complexity index is 2710. The normalized spacial score (nSPS) is 10.7. The topological polar surface area (TPSA) is 134 Å². The van der Waals surface area contributed by atoms with Gasteiger partial charge in [-0.05, 0) is 75.3 Å². The van der Waals surface area contributed by atoms with Crippen LogP contribution in [0.25, 0.3) is 22.3 Å². The number of anilines is 2. The third-order valence-electron chi connectivity index (χ3n) is 8.93. The molecule has 0 saturated carbocycles. The van der Waals surface area contributed by atoms with Gasteiger partial charge in [0, 0.05) is 33.2 Å². The van der Waals surface area contributed by atoms with Crippen LogP contribution >= 0.6 is 55.4 Å². The van der Waals surface area contributed by atoms with Crippen LogP contribution in [0.2, 0.25) is 0 Å². The molecule has 2 heterocycles. The zero-order chi connectivity index (χ0) is 43.7. The fraction of sp³-hybridized carbons (Fsp3) is 0.130. The van der Waals surface area contributed by atoms with E-state index in [1.807, 2.05) is 60.5 Å². The van der Waals surface area contributed by atoms with Crippen LogP contribution in [0.1, 0.15) is 24.0 Å². The summed E-state index contributed by atoms with van der Waals surface area (Å²) in [5.74, 6) is 2.18. The summed E-state index contributed by atoms with van der Waals surface area (Å²) < 4.78 is 41.3. The molecule has 0 atom stereocenters. The average Bonchev–Trinajstić information content (AvgIpc) is 3.99. The minimum atomic E-state index is -3.66. The number of aromatic nitrogens is 4. The molecule has 320 valence electrons. The average molecular weight is 1060 g/mol. The Morgan fingerprint density at radius 2 is 1.03 bits per heavy atom. The molecule has 0 aliphatic carbocycles. The number of thioether (sulfide) groups is 2. The van der Waals surface area contributed by atoms with E-state index in [2.05, 4.69) is 170 Å². The van der Waals surface area contributed by atoms with E-state index in [0.29, 0.717) is 28.8 Å². The molecule has 17 heteroatoms. The summed E-state index contributed by atoms with van der Waals surface area (Å²) in [6.45, 7) is 0. The second-order valence-corrected chi connectivity index (χ2v) is 18.2. The van der Waals surface area contributed by atoms with Crippen molar-refractivity contribution in [3.05, 3.63) is 189 Å². The quantitative estimate of drug-likeness (QED) is 0.0757. The van der Waals surface area contributed by atoms with Crippen molar-refractivity contribution < 1.29 is 78.4 Å². The van der Waals surface area contributed by atoms with Gasteiger partial charge < -0.3 is 10.3 Å². The Balaban J connectivity index is 0.000000238. The number of halogens is 2. The molecule has 0 bridgehead atoms. The summed E-state index contributed by atoms with van der Waals surface area (Å²) in [6, 6.07) is 54.2. The van der Waals surface area contributed by atoms with Crippen molar-refractivity contribution in [1.82, 2.24) is 20.4 Å². The summed E-state index contributed by atoms with van der Waals surface area (Å²) >= 11 is 10.0. The number of nitrogens with zero attached hydrogens (tertiary/aromatic N) is 5. The van der Waals surface area contributed by atoms with Gasteiger partial charge in [0.2, 0.25) is 5.89 Å². The van der Waals surface area contributed by atoms with Gasteiger partial charge in [-0.3, -0.25) is 13.3 Å². The predicted octanol–water partition coefficient (Wildman–Crippen LogP) is 9.58. The van der Waals surface area contributed by atoms with Gasteiger partial charge >= 0.3 is 67.8 Å². The zero-order valence-corrected chi connectivity index (χ0v) is 43.5. The minimum Gasteiger partial charge on any atom is -1.00 e. The molecule has 63 heavy (non-hydrogen) atoms. The van der Waals surface area contributed by atoms with Crippen molar-refractivity contribution in [3.8, 4) is 22.3 Å². The molecular formula is C46H42Br2KN5O6S3. The number of hydrogen-bond donors (Lipinski definition) is 0. The third-order valence-corrected chi connectivity index (χ3v) is 12.5. The molecule has 8 rings (SSSR count). The van der Waals surface area contributed by atoms with E-state index in [1.165, 1.54) is 33.4 Å². The second-order valence-electron chi connectivity index (χ2n) is 13.0. The van der Waals surface area contributed by atoms with Crippen LogP contribution in [0.4, 0.5) is 11.7 Å². The van der Waals surface area contributed by atoms with Crippen LogP contribution in [0.3, 0.4) is 0 Å². The van der Waals surface area contributed by atoms with Gasteiger partial charge in [0.15, 0.2) is 0 Å². The second kappa shape index (κ2) is 25.9. The first-order valence-corrected chi connectivity index (χ1v) is 23.8. The number of rotatable bonds is 14. The molecule has 0 fully saturated rings. The van der Waals surface area contributed by atoms with Crippen LogP contribution in [-0.4, -0.2) is 50.1 Å². The Labute approximate surface area is 437 Å². The van der Waals surface area contributed by atoms with Crippen LogP contribution in [0.15, 0.2) is 186 Å². The summed E-state index contributed by atoms with van der Waals surface area (Å²) in [6.07, 6.45) is 0.640. The zero-order valence-electron chi connectivity index (χ0n) is 35.8. The fourth-order valence-electron chi connectivity index (χ4n) is 5.75. The van der Waals surface area contributed by atoms with E-state index in [1.54, 1.807) is 23.5 Å². The van der Waals surface area contributed by atoms with Crippen molar-refractivity contribution in [1.29, 1.82) is 0 Å². The fourth-order valence-corrected chi connectivity index (χ4v) is 7.97. The Morgan fingerprint density at radius 1 is 0.587 bits per heavy atom. The maximum atomic E-state index is 9.92. The molecule has 2 aromatic heterocycles. The molecular weight excluding hydrogens is 1010 g/mol. The molecule has 0 saturated heterocycles. The van der Waals surface area contributed by atoms with E-state index < -0.39 is 10.4 Å². The van der Waals surface area contributed by atoms with Crippen LogP contribution in [0, 0.1) is 0 Å². The summed E-state index contributed by atoms with van der Waals surface area (Å²) in [4.78, 5) is 1.88. The first-order valence-electron chi connectivity index (χ1n) is 18.9. The standard InChI is InChI=1S/C22H18BrN3OS.C22H17BrN2OS.C2H6O4S.K.H/c1-26(19-13-11-18(23)12-14-19)21-24-25-22(27-21)28-15-17-9-5-6-10-20(17)16-7-3-2-4-8-16;23-19-12-10-16(11-13-19)14-21-24-25-22(26-21)27-15-18-8-4-5-9-20(18)17-6-2-1-3-7-17;1-5-7(3,4)6-2;;/h2-14H,15H2,1H3;1-13H,14-15H2;1-2H3;;/q;;;+1;-1. The van der Waals surface area contributed by atoms with Gasteiger partial charge in [-0.15, -0.1) is 10.2 Å². The van der Waals surface area contributed by atoms with Gasteiger partial charge in [0.1, 0.15) is 0 Å². The minimum absolute atomic E-state index is 0. The van der Waals surface area contributed by atoms with Gasteiger partial charge in [-0.25, -0.2) is 0 Å². The van der Waals surface area contributed by atoms with Gasteiger partial charge in [0.05, 0.1) is 20.6 Å². The maximum absolute atomic E-state index is 9.92. The van der Waals surface area contributed by atoms with Crippen molar-refractivity contribution in [3.63, 3.8) is 0 Å². The Kier molecular flexibility index (Phi) is 20.8. The molecule has 0 amide bonds. The summed E-state index contributed by atoms with van der Waals surface area (Å²) in [5.41, 5.74) is 9.50. The predicted molar refractivity (Wildman–Crippen MR) is 255 cm³/mol. The molecule has 0 radical (unpaired) electrons. The molecule has 0 aliphatic heterocycles. The first kappa shape index (κ1) is 50.6. The molecule has 0 N–H and O–H groups in total. The summed E-state index contributed by atoms with van der Waals surface area (Å²) in [7, 11) is 0.308. The maximum Gasteiger partial charge on any atom is 1.00 e. The summed E-state index contributed by atoms with van der Waals surface area (Å²) in [5, 5.41) is 17.9. The molecule has 11 nitrogen and oxygen atoms in total. The van der Waals surface area contributed by atoms with Crippen LogP contribution in [0.5, 0.6) is 0 Å². The van der Waals surface area contributed by atoms with Crippen molar-refractivity contribution >= 4 is 77.5 Å². The number of hydrogen-bond acceptors (Lipinski definition) is 13. The molecule has 0 aliphatic rings. The molecule has 0 spiro atoms.